The second kappa shape index (κ2) is 13.6. The van der Waals surface area contributed by atoms with Crippen molar-refractivity contribution in [3.05, 3.63) is 77.9 Å². The average molecular weight is 520 g/mol. The summed E-state index contributed by atoms with van der Waals surface area (Å²) in [5, 5.41) is 8.64. The first-order valence-corrected chi connectivity index (χ1v) is 12.7. The van der Waals surface area contributed by atoms with E-state index in [4.69, 9.17) is 14.2 Å². The maximum atomic E-state index is 12.9. The molecule has 0 radical (unpaired) electrons. The van der Waals surface area contributed by atoms with Gasteiger partial charge in [0.1, 0.15) is 17.4 Å². The molecule has 0 heterocycles. The van der Waals surface area contributed by atoms with Crippen LogP contribution in [0.1, 0.15) is 45.7 Å². The molecule has 0 fully saturated rings. The van der Waals surface area contributed by atoms with E-state index in [9.17, 15) is 9.59 Å². The lowest BCUT2D eigenvalue weighted by atomic mass is 10.0. The number of carbonyl (C=O) groups excluding carboxylic acids is 2. The topological polar surface area (TPSA) is 98.3 Å². The molecular formula is C30H37N3O5. The smallest absolute Gasteiger partial charge is 0.408 e. The molecule has 8 nitrogen and oxygen atoms in total. The molecule has 0 spiro atoms. The number of hydrogen-bond donors (Lipinski definition) is 2. The third kappa shape index (κ3) is 9.19. The van der Waals surface area contributed by atoms with Gasteiger partial charge in [-0.25, -0.2) is 10.2 Å². The third-order valence-corrected chi connectivity index (χ3v) is 5.27. The van der Waals surface area contributed by atoms with Crippen molar-refractivity contribution >= 4 is 29.0 Å². The number of benzene rings is 3. The molecule has 0 aliphatic rings. The van der Waals surface area contributed by atoms with Gasteiger partial charge >= 0.3 is 6.09 Å². The van der Waals surface area contributed by atoms with Crippen LogP contribution in [0.3, 0.4) is 0 Å². The van der Waals surface area contributed by atoms with Crippen LogP contribution in [-0.4, -0.2) is 43.1 Å². The molecule has 8 heteroatoms. The largest absolute Gasteiger partial charge is 0.493 e. The molecule has 0 aromatic heterocycles. The standard InChI is InChI=1S/C30H37N3O5/c1-21(2)18-37-27-16-15-23(24-13-9-10-14-25(24)27)17-31-33-28(34)26(32-29(35)38-30(3,4)5)20-36-19-22-11-7-6-8-12-22/h6-17,21,26H,18-20H2,1-5H3,(H,32,35)(H,33,34)/b31-17-/t26-/m0/s1. The zero-order valence-corrected chi connectivity index (χ0v) is 22.7. The third-order valence-electron chi connectivity index (χ3n) is 5.27. The van der Waals surface area contributed by atoms with Crippen LogP contribution in [0, 0.1) is 5.92 Å². The molecule has 0 bridgehead atoms. The number of nitrogens with one attached hydrogen (secondary N) is 2. The normalized spacial score (nSPS) is 12.5. The fourth-order valence-corrected chi connectivity index (χ4v) is 3.53. The van der Waals surface area contributed by atoms with Gasteiger partial charge in [0.05, 0.1) is 26.0 Å². The highest BCUT2D eigenvalue weighted by molar-refractivity contribution is 6.02. The summed E-state index contributed by atoms with van der Waals surface area (Å²) in [7, 11) is 0. The zero-order valence-electron chi connectivity index (χ0n) is 22.7. The molecule has 0 aliphatic heterocycles. The van der Waals surface area contributed by atoms with E-state index in [-0.39, 0.29) is 6.61 Å². The molecule has 0 saturated heterocycles. The summed E-state index contributed by atoms with van der Waals surface area (Å²) in [6.07, 6.45) is 0.856. The highest BCUT2D eigenvalue weighted by Crippen LogP contribution is 2.28. The molecule has 2 amide bonds. The monoisotopic (exact) mass is 519 g/mol. The maximum Gasteiger partial charge on any atom is 0.408 e. The number of carbonyl (C=O) groups is 2. The van der Waals surface area contributed by atoms with Gasteiger partial charge in [0, 0.05) is 10.9 Å². The van der Waals surface area contributed by atoms with Crippen LogP contribution in [-0.2, 0) is 20.9 Å². The van der Waals surface area contributed by atoms with E-state index in [1.54, 1.807) is 27.0 Å². The first-order valence-electron chi connectivity index (χ1n) is 12.7. The van der Waals surface area contributed by atoms with E-state index >= 15 is 0 Å². The van der Waals surface area contributed by atoms with Gasteiger partial charge in [0.25, 0.3) is 5.91 Å². The van der Waals surface area contributed by atoms with Crippen molar-refractivity contribution in [3.8, 4) is 5.75 Å². The van der Waals surface area contributed by atoms with Crippen molar-refractivity contribution in [2.75, 3.05) is 13.2 Å². The predicted molar refractivity (Wildman–Crippen MR) is 149 cm³/mol. The average Bonchev–Trinajstić information content (AvgIpc) is 2.87. The number of ether oxygens (including phenoxy) is 3. The Morgan fingerprint density at radius 2 is 1.61 bits per heavy atom. The Kier molecular flexibility index (Phi) is 10.2. The fraction of sp³-hybridized carbons (Fsp3) is 0.367. The molecule has 2 N–H and O–H groups in total. The summed E-state index contributed by atoms with van der Waals surface area (Å²) in [5.41, 5.74) is 3.58. The van der Waals surface area contributed by atoms with E-state index in [0.29, 0.717) is 19.1 Å². The molecule has 1 atom stereocenters. The van der Waals surface area contributed by atoms with Gasteiger partial charge in [-0.05, 0) is 49.8 Å². The van der Waals surface area contributed by atoms with E-state index in [1.807, 2.05) is 66.7 Å². The Morgan fingerprint density at radius 1 is 0.921 bits per heavy atom. The molecule has 38 heavy (non-hydrogen) atoms. The van der Waals surface area contributed by atoms with Gasteiger partial charge in [-0.15, -0.1) is 0 Å². The highest BCUT2D eigenvalue weighted by atomic mass is 16.6. The Hall–Kier alpha value is -3.91. The van der Waals surface area contributed by atoms with Gasteiger partial charge in [0.2, 0.25) is 0 Å². The first-order chi connectivity index (χ1) is 18.1. The minimum Gasteiger partial charge on any atom is -0.493 e. The lowest BCUT2D eigenvalue weighted by Crippen LogP contribution is -2.49. The van der Waals surface area contributed by atoms with Crippen LogP contribution in [0.2, 0.25) is 0 Å². The number of hydrazone groups is 1. The zero-order chi connectivity index (χ0) is 27.5. The molecule has 0 aliphatic carbocycles. The number of fused-ring (bicyclic) bond motifs is 1. The number of hydrogen-bond acceptors (Lipinski definition) is 6. The SMILES string of the molecule is CC(C)COc1ccc(/C=N\NC(=O)[C@H](COCc2ccccc2)NC(=O)OC(C)(C)C)c2ccccc12. The molecule has 0 saturated carbocycles. The summed E-state index contributed by atoms with van der Waals surface area (Å²) in [4.78, 5) is 25.3. The second-order valence-corrected chi connectivity index (χ2v) is 10.3. The van der Waals surface area contributed by atoms with Gasteiger partial charge in [-0.2, -0.15) is 5.10 Å². The van der Waals surface area contributed by atoms with Crippen molar-refractivity contribution < 1.29 is 23.8 Å². The van der Waals surface area contributed by atoms with Gasteiger partial charge in [-0.3, -0.25) is 4.79 Å². The van der Waals surface area contributed by atoms with Crippen LogP contribution in [0.25, 0.3) is 10.8 Å². The summed E-state index contributed by atoms with van der Waals surface area (Å²) >= 11 is 0. The number of nitrogens with zero attached hydrogens (tertiary/aromatic N) is 1. The van der Waals surface area contributed by atoms with Crippen LogP contribution in [0.4, 0.5) is 4.79 Å². The highest BCUT2D eigenvalue weighted by Gasteiger charge is 2.24. The molecular weight excluding hydrogens is 482 g/mol. The van der Waals surface area contributed by atoms with Crippen LogP contribution >= 0.6 is 0 Å². The molecule has 3 aromatic carbocycles. The minimum atomic E-state index is -1.01. The van der Waals surface area contributed by atoms with Crippen molar-refractivity contribution in [2.45, 2.75) is 52.9 Å². The lowest BCUT2D eigenvalue weighted by molar-refractivity contribution is -0.124. The quantitative estimate of drug-likeness (QED) is 0.260. The number of rotatable bonds is 11. The van der Waals surface area contributed by atoms with Crippen LogP contribution in [0.15, 0.2) is 71.8 Å². The summed E-state index contributed by atoms with van der Waals surface area (Å²) < 4.78 is 17.0. The lowest BCUT2D eigenvalue weighted by Gasteiger charge is -2.22. The van der Waals surface area contributed by atoms with Crippen LogP contribution in [0.5, 0.6) is 5.75 Å². The van der Waals surface area contributed by atoms with Crippen molar-refractivity contribution in [1.82, 2.24) is 10.7 Å². The second-order valence-electron chi connectivity index (χ2n) is 10.3. The Balaban J connectivity index is 1.69. The van der Waals surface area contributed by atoms with Crippen LogP contribution < -0.4 is 15.5 Å². The molecule has 0 unspecified atom stereocenters. The maximum absolute atomic E-state index is 12.9. The van der Waals surface area contributed by atoms with Gasteiger partial charge in [-0.1, -0.05) is 68.4 Å². The van der Waals surface area contributed by atoms with E-state index in [0.717, 1.165) is 27.6 Å². The molecule has 3 aromatic rings. The van der Waals surface area contributed by atoms with E-state index in [1.165, 1.54) is 0 Å². The predicted octanol–water partition coefficient (Wildman–Crippen LogP) is 5.43. The fourth-order valence-electron chi connectivity index (χ4n) is 3.53. The first kappa shape index (κ1) is 28.7. The van der Waals surface area contributed by atoms with Gasteiger partial charge in [0.15, 0.2) is 0 Å². The molecule has 3 rings (SSSR count). The van der Waals surface area contributed by atoms with Gasteiger partial charge < -0.3 is 19.5 Å². The summed E-state index contributed by atoms with van der Waals surface area (Å²) in [6.45, 7) is 10.3. The Bertz CT molecular complexity index is 1240. The molecule has 202 valence electrons. The Morgan fingerprint density at radius 3 is 2.29 bits per heavy atom. The van der Waals surface area contributed by atoms with Crippen molar-refractivity contribution in [2.24, 2.45) is 11.0 Å². The van der Waals surface area contributed by atoms with Crippen molar-refractivity contribution in [3.63, 3.8) is 0 Å². The number of alkyl carbamates (subject to hydrolysis) is 1. The summed E-state index contributed by atoms with van der Waals surface area (Å²) in [6, 6.07) is 20.2. The van der Waals surface area contributed by atoms with E-state index in [2.05, 4.69) is 29.7 Å². The number of amides is 2. The van der Waals surface area contributed by atoms with E-state index < -0.39 is 23.6 Å². The van der Waals surface area contributed by atoms with Crippen molar-refractivity contribution in [1.29, 1.82) is 0 Å². The summed E-state index contributed by atoms with van der Waals surface area (Å²) in [5.74, 6) is 0.679. The minimum absolute atomic E-state index is 0.0552. The Labute approximate surface area is 224 Å².